The molecule has 1 aliphatic heterocycles. The van der Waals surface area contributed by atoms with Crippen LogP contribution in [-0.2, 0) is 14.3 Å². The normalized spacial score (nSPS) is 17.0. The maximum absolute atomic E-state index is 13.3. The Balaban J connectivity index is 1.89. The van der Waals surface area contributed by atoms with Gasteiger partial charge in [-0.1, -0.05) is 17.4 Å². The predicted octanol–water partition coefficient (Wildman–Crippen LogP) is 3.97. The van der Waals surface area contributed by atoms with Gasteiger partial charge in [0.05, 0.1) is 31.0 Å². The second-order valence-electron chi connectivity index (χ2n) is 7.77. The number of Topliss-reactive ketones (excluding diaryl/α,β-unsaturated/α-hetero) is 1. The monoisotopic (exact) mass is 493 g/mol. The van der Waals surface area contributed by atoms with Crippen molar-refractivity contribution in [3.05, 3.63) is 75.6 Å². The SMILES string of the molecule is CCOC(=O)c1sc(N2C(=O)C(=O)/C(=C(/O)c3ccc(OC)c(C)c3)[C@@H]2c2cccnc2)nc1C. The van der Waals surface area contributed by atoms with E-state index in [2.05, 4.69) is 9.97 Å². The highest BCUT2D eigenvalue weighted by Gasteiger charge is 2.48. The molecule has 0 bridgehead atoms. The van der Waals surface area contributed by atoms with Gasteiger partial charge in [0.15, 0.2) is 5.13 Å². The molecule has 0 saturated carbocycles. The van der Waals surface area contributed by atoms with Crippen LogP contribution >= 0.6 is 11.3 Å². The van der Waals surface area contributed by atoms with Gasteiger partial charge >= 0.3 is 11.9 Å². The van der Waals surface area contributed by atoms with Gasteiger partial charge in [-0.05, 0) is 56.2 Å². The Labute approximate surface area is 205 Å². The van der Waals surface area contributed by atoms with E-state index in [0.717, 1.165) is 16.9 Å². The average molecular weight is 494 g/mol. The molecule has 3 heterocycles. The second kappa shape index (κ2) is 9.67. The van der Waals surface area contributed by atoms with Crippen LogP contribution in [0.1, 0.15) is 45.0 Å². The number of aromatic nitrogens is 2. The second-order valence-corrected chi connectivity index (χ2v) is 8.75. The quantitative estimate of drug-likeness (QED) is 0.237. The number of aliphatic hydroxyl groups excluding tert-OH is 1. The van der Waals surface area contributed by atoms with E-state index in [4.69, 9.17) is 9.47 Å². The minimum absolute atomic E-state index is 0.0990. The number of anilines is 1. The van der Waals surface area contributed by atoms with Crippen LogP contribution in [0.2, 0.25) is 0 Å². The van der Waals surface area contributed by atoms with Crippen LogP contribution in [-0.4, -0.2) is 46.5 Å². The molecule has 1 amide bonds. The third-order valence-corrected chi connectivity index (χ3v) is 6.70. The standard InChI is InChI=1S/C25H23N3O6S/c1-5-34-24(32)22-14(3)27-25(35-22)28-19(16-7-6-10-26-12-16)18(21(30)23(28)31)20(29)15-8-9-17(33-4)13(2)11-15/h6-12,19,29H,5H2,1-4H3/b20-18+/t19-/m0/s1. The van der Waals surface area contributed by atoms with E-state index < -0.39 is 23.7 Å². The molecule has 3 aromatic rings. The third kappa shape index (κ3) is 4.28. The number of nitrogens with zero attached hydrogens (tertiary/aromatic N) is 3. The number of ether oxygens (including phenoxy) is 2. The lowest BCUT2D eigenvalue weighted by atomic mass is 9.96. The van der Waals surface area contributed by atoms with Crippen LogP contribution in [0.15, 0.2) is 48.3 Å². The first-order chi connectivity index (χ1) is 16.8. The number of methoxy groups -OCH3 is 1. The molecule has 1 atom stereocenters. The lowest BCUT2D eigenvalue weighted by molar-refractivity contribution is -0.132. The Morgan fingerprint density at radius 1 is 1.23 bits per heavy atom. The lowest BCUT2D eigenvalue weighted by Gasteiger charge is -2.22. The van der Waals surface area contributed by atoms with Gasteiger partial charge < -0.3 is 14.6 Å². The molecular weight excluding hydrogens is 470 g/mol. The van der Waals surface area contributed by atoms with Crippen molar-refractivity contribution in [3.63, 3.8) is 0 Å². The zero-order valence-electron chi connectivity index (χ0n) is 19.6. The minimum atomic E-state index is -0.994. The molecule has 0 aliphatic carbocycles. The van der Waals surface area contributed by atoms with E-state index in [1.54, 1.807) is 50.4 Å². The number of carbonyl (C=O) groups is 3. The summed E-state index contributed by atoms with van der Waals surface area (Å²) in [7, 11) is 1.54. The van der Waals surface area contributed by atoms with Gasteiger partial charge in [-0.25, -0.2) is 9.78 Å². The van der Waals surface area contributed by atoms with Crippen molar-refractivity contribution in [2.45, 2.75) is 26.8 Å². The molecule has 1 N–H and O–H groups in total. The highest BCUT2D eigenvalue weighted by Crippen LogP contribution is 2.44. The van der Waals surface area contributed by atoms with Crippen LogP contribution in [0.3, 0.4) is 0 Å². The molecule has 1 saturated heterocycles. The summed E-state index contributed by atoms with van der Waals surface area (Å²) >= 11 is 0.952. The van der Waals surface area contributed by atoms with E-state index in [-0.39, 0.29) is 27.9 Å². The van der Waals surface area contributed by atoms with E-state index in [9.17, 15) is 19.5 Å². The van der Waals surface area contributed by atoms with E-state index in [0.29, 0.717) is 22.6 Å². The van der Waals surface area contributed by atoms with Crippen LogP contribution in [0.25, 0.3) is 5.76 Å². The summed E-state index contributed by atoms with van der Waals surface area (Å²) < 4.78 is 10.4. The number of hydrogen-bond acceptors (Lipinski definition) is 9. The van der Waals surface area contributed by atoms with Crippen molar-refractivity contribution in [2.24, 2.45) is 0 Å². The van der Waals surface area contributed by atoms with Crippen LogP contribution in [0, 0.1) is 13.8 Å². The van der Waals surface area contributed by atoms with Gasteiger partial charge in [0.2, 0.25) is 0 Å². The number of carbonyl (C=O) groups excluding carboxylic acids is 3. The van der Waals surface area contributed by atoms with Gasteiger partial charge in [-0.2, -0.15) is 0 Å². The van der Waals surface area contributed by atoms with Gasteiger partial charge in [0, 0.05) is 18.0 Å². The first kappa shape index (κ1) is 24.1. The van der Waals surface area contributed by atoms with E-state index in [1.165, 1.54) is 18.2 Å². The fourth-order valence-corrected chi connectivity index (χ4v) is 4.92. The fraction of sp³-hybridized carbons (Fsp3) is 0.240. The summed E-state index contributed by atoms with van der Waals surface area (Å²) in [5, 5.41) is 11.4. The number of benzene rings is 1. The lowest BCUT2D eigenvalue weighted by Crippen LogP contribution is -2.29. The van der Waals surface area contributed by atoms with Crippen molar-refractivity contribution < 1.29 is 29.0 Å². The van der Waals surface area contributed by atoms with Crippen molar-refractivity contribution in [3.8, 4) is 5.75 Å². The van der Waals surface area contributed by atoms with Crippen molar-refractivity contribution >= 4 is 39.9 Å². The van der Waals surface area contributed by atoms with Crippen LogP contribution in [0.5, 0.6) is 5.75 Å². The first-order valence-electron chi connectivity index (χ1n) is 10.8. The number of esters is 1. The van der Waals surface area contributed by atoms with E-state index >= 15 is 0 Å². The molecule has 1 aliphatic rings. The molecule has 9 nitrogen and oxygen atoms in total. The molecule has 0 unspecified atom stereocenters. The Hall–Kier alpha value is -4.05. The van der Waals surface area contributed by atoms with Crippen molar-refractivity contribution in [2.75, 3.05) is 18.6 Å². The van der Waals surface area contributed by atoms with Crippen LogP contribution < -0.4 is 9.64 Å². The summed E-state index contributed by atoms with van der Waals surface area (Å²) in [5.74, 6) is -2.00. The zero-order chi connectivity index (χ0) is 25.3. The Kier molecular flexibility index (Phi) is 6.65. The number of hydrogen-bond donors (Lipinski definition) is 1. The largest absolute Gasteiger partial charge is 0.507 e. The number of thiazole rings is 1. The van der Waals surface area contributed by atoms with Gasteiger partial charge in [0.25, 0.3) is 5.78 Å². The molecule has 10 heteroatoms. The van der Waals surface area contributed by atoms with Crippen molar-refractivity contribution in [1.82, 2.24) is 9.97 Å². The summed E-state index contributed by atoms with van der Waals surface area (Å²) in [4.78, 5) is 48.8. The number of rotatable bonds is 6. The summed E-state index contributed by atoms with van der Waals surface area (Å²) in [6.07, 6.45) is 3.08. The summed E-state index contributed by atoms with van der Waals surface area (Å²) in [6.45, 7) is 5.31. The summed E-state index contributed by atoms with van der Waals surface area (Å²) in [6, 6.07) is 7.34. The zero-order valence-corrected chi connectivity index (χ0v) is 20.4. The van der Waals surface area contributed by atoms with Crippen LogP contribution in [0.4, 0.5) is 5.13 Å². The topological polar surface area (TPSA) is 119 Å². The molecule has 1 fully saturated rings. The molecule has 0 spiro atoms. The number of amides is 1. The molecule has 180 valence electrons. The Morgan fingerprint density at radius 3 is 2.63 bits per heavy atom. The van der Waals surface area contributed by atoms with Gasteiger partial charge in [-0.15, -0.1) is 0 Å². The Bertz CT molecular complexity index is 1350. The van der Waals surface area contributed by atoms with Gasteiger partial charge in [0.1, 0.15) is 16.4 Å². The number of aryl methyl sites for hydroxylation is 2. The molecular formula is C25H23N3O6S. The first-order valence-corrected chi connectivity index (χ1v) is 11.6. The number of aliphatic hydroxyl groups is 1. The number of ketones is 1. The molecule has 1 aromatic carbocycles. The summed E-state index contributed by atoms with van der Waals surface area (Å²) in [5.41, 5.74) is 1.89. The van der Waals surface area contributed by atoms with Crippen molar-refractivity contribution in [1.29, 1.82) is 0 Å². The Morgan fingerprint density at radius 2 is 2.00 bits per heavy atom. The fourth-order valence-electron chi connectivity index (χ4n) is 3.94. The maximum Gasteiger partial charge on any atom is 0.350 e. The molecule has 4 rings (SSSR count). The van der Waals surface area contributed by atoms with Gasteiger partial charge in [-0.3, -0.25) is 19.5 Å². The smallest absolute Gasteiger partial charge is 0.350 e. The minimum Gasteiger partial charge on any atom is -0.507 e. The molecule has 35 heavy (non-hydrogen) atoms. The molecule has 2 aromatic heterocycles. The number of pyridine rings is 1. The average Bonchev–Trinajstić information content (AvgIpc) is 3.36. The third-order valence-electron chi connectivity index (χ3n) is 5.57. The maximum atomic E-state index is 13.3. The highest BCUT2D eigenvalue weighted by molar-refractivity contribution is 7.17. The molecule has 0 radical (unpaired) electrons. The highest BCUT2D eigenvalue weighted by atomic mass is 32.1. The predicted molar refractivity (Wildman–Crippen MR) is 130 cm³/mol. The van der Waals surface area contributed by atoms with E-state index in [1.807, 2.05) is 6.92 Å².